The van der Waals surface area contributed by atoms with Crippen LogP contribution in [-0.2, 0) is 17.8 Å². The van der Waals surface area contributed by atoms with E-state index in [9.17, 15) is 9.59 Å². The number of aryl methyl sites for hydroxylation is 2. The van der Waals surface area contributed by atoms with Crippen molar-refractivity contribution in [2.24, 2.45) is 5.92 Å². The minimum atomic E-state index is -0.193. The third-order valence-corrected chi connectivity index (χ3v) is 6.08. The molecule has 28 heavy (non-hydrogen) atoms. The van der Waals surface area contributed by atoms with Crippen LogP contribution in [0.3, 0.4) is 0 Å². The second kappa shape index (κ2) is 7.87. The number of nitrogens with one attached hydrogen (secondary N) is 1. The number of nitrogens with zero attached hydrogens (tertiary/aromatic N) is 3. The SMILES string of the molecule is Cc1nc(C)c(CC(=O)N2C[C@H]3CC[C@@H](C2)N(Cc2ccccc2)C3)c(=O)[nH]1. The zero-order chi connectivity index (χ0) is 19.7. The third kappa shape index (κ3) is 4.02. The number of fused-ring (bicyclic) bond motifs is 4. The van der Waals surface area contributed by atoms with Crippen molar-refractivity contribution in [2.45, 2.75) is 45.7 Å². The van der Waals surface area contributed by atoms with E-state index in [-0.39, 0.29) is 17.9 Å². The molecule has 3 aliphatic heterocycles. The van der Waals surface area contributed by atoms with Gasteiger partial charge in [-0.15, -0.1) is 0 Å². The smallest absolute Gasteiger partial charge is 0.254 e. The lowest BCUT2D eigenvalue weighted by Gasteiger charge is -2.36. The first-order valence-corrected chi connectivity index (χ1v) is 10.1. The van der Waals surface area contributed by atoms with Crippen molar-refractivity contribution >= 4 is 5.91 Å². The number of amides is 1. The number of carbonyl (C=O) groups is 1. The van der Waals surface area contributed by atoms with Gasteiger partial charge in [-0.2, -0.15) is 0 Å². The zero-order valence-electron chi connectivity index (χ0n) is 16.6. The van der Waals surface area contributed by atoms with E-state index in [1.807, 2.05) is 11.0 Å². The first kappa shape index (κ1) is 18.9. The molecule has 1 N–H and O–H groups in total. The maximum absolute atomic E-state index is 13.0. The van der Waals surface area contributed by atoms with Crippen molar-refractivity contribution in [3.05, 3.63) is 63.3 Å². The van der Waals surface area contributed by atoms with Crippen LogP contribution >= 0.6 is 0 Å². The molecule has 6 heteroatoms. The second-order valence-electron chi connectivity index (χ2n) is 8.20. The summed E-state index contributed by atoms with van der Waals surface area (Å²) in [7, 11) is 0. The number of aromatic amines is 1. The summed E-state index contributed by atoms with van der Waals surface area (Å²) in [6.45, 7) is 7.07. The molecule has 2 atom stereocenters. The van der Waals surface area contributed by atoms with Crippen molar-refractivity contribution < 1.29 is 4.79 Å². The fraction of sp³-hybridized carbons (Fsp3) is 0.500. The Balaban J connectivity index is 1.47. The monoisotopic (exact) mass is 380 g/mol. The Morgan fingerprint density at radius 2 is 1.93 bits per heavy atom. The molecule has 3 saturated heterocycles. The predicted molar refractivity (Wildman–Crippen MR) is 108 cm³/mol. The average Bonchev–Trinajstić information content (AvgIpc) is 2.97. The number of H-pyrrole nitrogens is 1. The maximum atomic E-state index is 13.0. The molecule has 3 fully saturated rings. The number of rotatable bonds is 4. The molecule has 1 amide bonds. The molecule has 4 heterocycles. The summed E-state index contributed by atoms with van der Waals surface area (Å²) in [6, 6.07) is 10.9. The third-order valence-electron chi connectivity index (χ3n) is 6.08. The van der Waals surface area contributed by atoms with E-state index in [0.717, 1.165) is 32.6 Å². The number of piperidine rings is 1. The Labute approximate surface area is 165 Å². The van der Waals surface area contributed by atoms with Gasteiger partial charge in [0, 0.05) is 43.5 Å². The first-order chi connectivity index (χ1) is 13.5. The molecule has 1 aromatic heterocycles. The molecule has 0 saturated carbocycles. The highest BCUT2D eigenvalue weighted by molar-refractivity contribution is 5.79. The van der Waals surface area contributed by atoms with E-state index in [2.05, 4.69) is 39.1 Å². The van der Waals surface area contributed by atoms with Crippen LogP contribution in [0, 0.1) is 19.8 Å². The molecule has 3 aliphatic rings. The minimum absolute atomic E-state index is 0.0396. The summed E-state index contributed by atoms with van der Waals surface area (Å²) in [6.07, 6.45) is 2.44. The highest BCUT2D eigenvalue weighted by Crippen LogP contribution is 2.29. The van der Waals surface area contributed by atoms with Gasteiger partial charge in [0.1, 0.15) is 5.82 Å². The largest absolute Gasteiger partial charge is 0.341 e. The summed E-state index contributed by atoms with van der Waals surface area (Å²) >= 11 is 0. The highest BCUT2D eigenvalue weighted by Gasteiger charge is 2.36. The maximum Gasteiger partial charge on any atom is 0.254 e. The van der Waals surface area contributed by atoms with Crippen LogP contribution in [0.1, 0.15) is 35.5 Å². The first-order valence-electron chi connectivity index (χ1n) is 10.1. The van der Waals surface area contributed by atoms with Gasteiger partial charge in [0.2, 0.25) is 5.91 Å². The molecule has 2 aromatic rings. The van der Waals surface area contributed by atoms with Gasteiger partial charge in [-0.3, -0.25) is 14.5 Å². The number of hydrogen-bond donors (Lipinski definition) is 1. The molecule has 5 rings (SSSR count). The Bertz CT molecular complexity index is 908. The summed E-state index contributed by atoms with van der Waals surface area (Å²) in [5, 5.41) is 0. The molecular formula is C22H28N4O2. The molecule has 0 radical (unpaired) electrons. The average molecular weight is 380 g/mol. The second-order valence-corrected chi connectivity index (χ2v) is 8.20. The molecular weight excluding hydrogens is 352 g/mol. The van der Waals surface area contributed by atoms with Crippen molar-refractivity contribution in [3.8, 4) is 0 Å². The fourth-order valence-electron chi connectivity index (χ4n) is 4.62. The molecule has 2 bridgehead atoms. The fourth-order valence-corrected chi connectivity index (χ4v) is 4.62. The Kier molecular flexibility index (Phi) is 5.31. The van der Waals surface area contributed by atoms with E-state index in [1.165, 1.54) is 12.0 Å². The van der Waals surface area contributed by atoms with Gasteiger partial charge in [-0.25, -0.2) is 4.98 Å². The molecule has 0 unspecified atom stereocenters. The Morgan fingerprint density at radius 3 is 2.68 bits per heavy atom. The zero-order valence-corrected chi connectivity index (χ0v) is 16.6. The standard InChI is InChI=1S/C22H28N4O2/c1-15-20(22(28)24-16(2)23-15)10-21(27)26-13-18-8-9-19(14-26)25(12-18)11-17-6-4-3-5-7-17/h3-7,18-19H,8-14H2,1-2H3,(H,23,24,28)/t18-,19-/m0/s1. The summed E-state index contributed by atoms with van der Waals surface area (Å²) in [5.74, 6) is 1.13. The molecule has 0 aliphatic carbocycles. The van der Waals surface area contributed by atoms with E-state index in [0.29, 0.717) is 29.0 Å². The van der Waals surface area contributed by atoms with Gasteiger partial charge in [0.15, 0.2) is 0 Å². The van der Waals surface area contributed by atoms with Crippen molar-refractivity contribution in [1.29, 1.82) is 0 Å². The minimum Gasteiger partial charge on any atom is -0.341 e. The van der Waals surface area contributed by atoms with E-state index in [1.54, 1.807) is 13.8 Å². The van der Waals surface area contributed by atoms with Gasteiger partial charge in [0.25, 0.3) is 5.56 Å². The normalized spacial score (nSPS) is 22.3. The van der Waals surface area contributed by atoms with Gasteiger partial charge in [-0.1, -0.05) is 30.3 Å². The van der Waals surface area contributed by atoms with Gasteiger partial charge < -0.3 is 9.88 Å². The number of benzene rings is 1. The lowest BCUT2D eigenvalue weighted by molar-refractivity contribution is -0.130. The van der Waals surface area contributed by atoms with Crippen molar-refractivity contribution in [3.63, 3.8) is 0 Å². The van der Waals surface area contributed by atoms with Crippen LogP contribution in [0.2, 0.25) is 0 Å². The van der Waals surface area contributed by atoms with Crippen LogP contribution < -0.4 is 5.56 Å². The molecule has 1 aromatic carbocycles. The van der Waals surface area contributed by atoms with Crippen molar-refractivity contribution in [2.75, 3.05) is 19.6 Å². The van der Waals surface area contributed by atoms with Gasteiger partial charge in [-0.05, 0) is 38.2 Å². The number of carbonyl (C=O) groups excluding carboxylic acids is 1. The molecule has 6 nitrogen and oxygen atoms in total. The quantitative estimate of drug-likeness (QED) is 0.881. The molecule has 148 valence electrons. The van der Waals surface area contributed by atoms with Gasteiger partial charge in [0.05, 0.1) is 6.42 Å². The number of hydrogen-bond acceptors (Lipinski definition) is 4. The number of aromatic nitrogens is 2. The summed E-state index contributed by atoms with van der Waals surface area (Å²) in [5.41, 5.74) is 2.27. The highest BCUT2D eigenvalue weighted by atomic mass is 16.2. The van der Waals surface area contributed by atoms with E-state index in [4.69, 9.17) is 0 Å². The van der Waals surface area contributed by atoms with Crippen LogP contribution in [0.15, 0.2) is 35.1 Å². The van der Waals surface area contributed by atoms with Gasteiger partial charge >= 0.3 is 0 Å². The molecule has 0 spiro atoms. The van der Waals surface area contributed by atoms with E-state index >= 15 is 0 Å². The Morgan fingerprint density at radius 1 is 1.14 bits per heavy atom. The van der Waals surface area contributed by atoms with Crippen molar-refractivity contribution in [1.82, 2.24) is 19.8 Å². The summed E-state index contributed by atoms with van der Waals surface area (Å²) in [4.78, 5) is 36.8. The van der Waals surface area contributed by atoms with Crippen LogP contribution in [0.4, 0.5) is 0 Å². The summed E-state index contributed by atoms with van der Waals surface area (Å²) < 4.78 is 0. The van der Waals surface area contributed by atoms with Crippen LogP contribution in [0.5, 0.6) is 0 Å². The topological polar surface area (TPSA) is 69.3 Å². The lowest BCUT2D eigenvalue weighted by atomic mass is 9.94. The lowest BCUT2D eigenvalue weighted by Crippen LogP contribution is -2.44. The Hall–Kier alpha value is -2.47. The van der Waals surface area contributed by atoms with Crippen LogP contribution in [-0.4, -0.2) is 51.4 Å². The predicted octanol–water partition coefficient (Wildman–Crippen LogP) is 2.05. The van der Waals surface area contributed by atoms with Crippen LogP contribution in [0.25, 0.3) is 0 Å². The van der Waals surface area contributed by atoms with E-state index < -0.39 is 0 Å².